The van der Waals surface area contributed by atoms with Gasteiger partial charge in [-0.05, 0) is 37.8 Å². The molecular weight excluding hydrogens is 584 g/mol. The number of para-hydroxylation sites is 1. The zero-order valence-electron chi connectivity index (χ0n) is 18.8. The monoisotopic (exact) mass is 607 g/mol. The van der Waals surface area contributed by atoms with Gasteiger partial charge in [-0.25, -0.2) is 4.39 Å². The summed E-state index contributed by atoms with van der Waals surface area (Å²) in [4.78, 5) is 40.9. The number of ketones is 1. The molecule has 1 aliphatic carbocycles. The van der Waals surface area contributed by atoms with E-state index in [1.807, 2.05) is 28.8 Å². The SMILES string of the molecule is O=C(c1cn(CC(=O)N2[C@H](I)CC[C@H]2C(=O)NCc2cccc(Cl)c2F)c2ccccc12)C1CC1. The topological polar surface area (TPSA) is 71.4 Å². The lowest BCUT2D eigenvalue weighted by Gasteiger charge is -2.27. The highest BCUT2D eigenvalue weighted by Gasteiger charge is 2.40. The molecular formula is C26H24ClFIN3O3. The molecule has 1 saturated heterocycles. The summed E-state index contributed by atoms with van der Waals surface area (Å²) in [6, 6.07) is 11.6. The number of rotatable bonds is 7. The molecule has 1 aromatic heterocycles. The highest BCUT2D eigenvalue weighted by atomic mass is 127. The summed E-state index contributed by atoms with van der Waals surface area (Å²) in [5.74, 6) is -0.858. The Hall–Kier alpha value is -2.46. The van der Waals surface area contributed by atoms with Gasteiger partial charge < -0.3 is 14.8 Å². The third-order valence-corrected chi connectivity index (χ3v) is 8.21. The molecule has 0 bridgehead atoms. The van der Waals surface area contributed by atoms with E-state index >= 15 is 0 Å². The Balaban J connectivity index is 1.33. The zero-order valence-corrected chi connectivity index (χ0v) is 21.8. The average molecular weight is 608 g/mol. The molecule has 3 aromatic rings. The van der Waals surface area contributed by atoms with Crippen molar-refractivity contribution >= 4 is 62.7 Å². The number of Topliss-reactive ketones (excluding diaryl/α,β-unsaturated/α-hetero) is 1. The van der Waals surface area contributed by atoms with Gasteiger partial charge in [-0.15, -0.1) is 0 Å². The normalized spacial score (nSPS) is 19.8. The lowest BCUT2D eigenvalue weighted by Crippen LogP contribution is -2.48. The van der Waals surface area contributed by atoms with Crippen LogP contribution in [0.5, 0.6) is 0 Å². The second-order valence-corrected chi connectivity index (χ2v) is 10.9. The number of hydrogen-bond acceptors (Lipinski definition) is 3. The van der Waals surface area contributed by atoms with Crippen LogP contribution in [0.1, 0.15) is 41.6 Å². The zero-order chi connectivity index (χ0) is 24.7. The summed E-state index contributed by atoms with van der Waals surface area (Å²) < 4.78 is 15.9. The fourth-order valence-corrected chi connectivity index (χ4v) is 5.96. The van der Waals surface area contributed by atoms with E-state index < -0.39 is 11.9 Å². The number of nitrogens with zero attached hydrogens (tertiary/aromatic N) is 2. The molecule has 0 unspecified atom stereocenters. The molecule has 182 valence electrons. The van der Waals surface area contributed by atoms with Crippen LogP contribution in [0.2, 0.25) is 5.02 Å². The van der Waals surface area contributed by atoms with E-state index in [9.17, 15) is 18.8 Å². The molecule has 1 saturated carbocycles. The first-order valence-corrected chi connectivity index (χ1v) is 13.3. The van der Waals surface area contributed by atoms with Gasteiger partial charge >= 0.3 is 0 Å². The maximum Gasteiger partial charge on any atom is 0.244 e. The fourth-order valence-electron chi connectivity index (χ4n) is 4.71. The van der Waals surface area contributed by atoms with Crippen molar-refractivity contribution in [2.24, 2.45) is 5.92 Å². The number of carbonyl (C=O) groups excluding carboxylic acids is 3. The van der Waals surface area contributed by atoms with Gasteiger partial charge in [0, 0.05) is 40.7 Å². The summed E-state index contributed by atoms with van der Waals surface area (Å²) in [5, 5.41) is 3.61. The van der Waals surface area contributed by atoms with Gasteiger partial charge in [0.25, 0.3) is 0 Å². The first-order valence-electron chi connectivity index (χ1n) is 11.6. The Morgan fingerprint density at radius 2 is 1.83 bits per heavy atom. The molecule has 2 atom stereocenters. The molecule has 2 fully saturated rings. The number of nitrogens with one attached hydrogen (secondary N) is 1. The Morgan fingerprint density at radius 1 is 1.06 bits per heavy atom. The standard InChI is InChI=1S/C26H24ClFIN3O3/c27-19-6-3-4-16(24(19)28)12-30-26(35)21-10-11-22(29)32(21)23(33)14-31-13-18(25(34)15-8-9-15)17-5-1-2-7-20(17)31/h1-7,13,15,21-22H,8-12,14H2,(H,30,35)/t21-,22-/m0/s1. The number of halogens is 3. The van der Waals surface area contributed by atoms with Crippen LogP contribution >= 0.6 is 34.2 Å². The van der Waals surface area contributed by atoms with Crippen LogP contribution in [0.15, 0.2) is 48.7 Å². The summed E-state index contributed by atoms with van der Waals surface area (Å²) >= 11 is 8.02. The van der Waals surface area contributed by atoms with E-state index in [2.05, 4.69) is 27.9 Å². The molecule has 2 aliphatic rings. The van der Waals surface area contributed by atoms with Crippen LogP contribution in [0.4, 0.5) is 4.39 Å². The van der Waals surface area contributed by atoms with E-state index in [-0.39, 0.29) is 45.7 Å². The molecule has 5 rings (SSSR count). The Kier molecular flexibility index (Phi) is 6.85. The Morgan fingerprint density at radius 3 is 2.60 bits per heavy atom. The molecule has 2 heterocycles. The van der Waals surface area contributed by atoms with Gasteiger partial charge in [-0.2, -0.15) is 0 Å². The summed E-state index contributed by atoms with van der Waals surface area (Å²) in [6.07, 6.45) is 4.82. The first-order chi connectivity index (χ1) is 16.8. The predicted octanol–water partition coefficient (Wildman–Crippen LogP) is 5.10. The van der Waals surface area contributed by atoms with Crippen molar-refractivity contribution in [2.45, 2.75) is 48.9 Å². The van der Waals surface area contributed by atoms with E-state index in [4.69, 9.17) is 11.6 Å². The van der Waals surface area contributed by atoms with Crippen LogP contribution in [0, 0.1) is 11.7 Å². The number of fused-ring (bicyclic) bond motifs is 1. The van der Waals surface area contributed by atoms with Crippen molar-refractivity contribution in [1.29, 1.82) is 0 Å². The molecule has 6 nitrogen and oxygen atoms in total. The number of benzene rings is 2. The average Bonchev–Trinajstić information content (AvgIpc) is 3.54. The number of carbonyl (C=O) groups is 3. The lowest BCUT2D eigenvalue weighted by molar-refractivity contribution is -0.139. The minimum atomic E-state index is -0.638. The van der Waals surface area contributed by atoms with Gasteiger partial charge in [0.1, 0.15) is 18.4 Å². The number of alkyl halides is 1. The van der Waals surface area contributed by atoms with Crippen LogP contribution in [-0.4, -0.2) is 37.2 Å². The van der Waals surface area contributed by atoms with E-state index in [0.29, 0.717) is 24.0 Å². The Labute approximate surface area is 220 Å². The van der Waals surface area contributed by atoms with E-state index in [1.165, 1.54) is 6.07 Å². The Bertz CT molecular complexity index is 1320. The molecule has 0 spiro atoms. The molecule has 1 aliphatic heterocycles. The first kappa shape index (κ1) is 24.2. The van der Waals surface area contributed by atoms with Gasteiger partial charge in [-0.3, -0.25) is 14.4 Å². The van der Waals surface area contributed by atoms with Crippen LogP contribution < -0.4 is 5.32 Å². The maximum atomic E-state index is 14.2. The molecule has 1 N–H and O–H groups in total. The molecule has 2 amide bonds. The van der Waals surface area contributed by atoms with Gasteiger partial charge in [0.2, 0.25) is 11.8 Å². The van der Waals surface area contributed by atoms with Crippen molar-refractivity contribution in [3.8, 4) is 0 Å². The summed E-state index contributed by atoms with van der Waals surface area (Å²) in [6.45, 7) is 0.0230. The third kappa shape index (κ3) is 4.82. The molecule has 35 heavy (non-hydrogen) atoms. The predicted molar refractivity (Wildman–Crippen MR) is 140 cm³/mol. The summed E-state index contributed by atoms with van der Waals surface area (Å²) in [5.41, 5.74) is 1.77. The highest BCUT2D eigenvalue weighted by Crippen LogP contribution is 2.36. The second-order valence-electron chi connectivity index (χ2n) is 9.09. The molecule has 9 heteroatoms. The van der Waals surface area contributed by atoms with Crippen molar-refractivity contribution < 1.29 is 18.8 Å². The van der Waals surface area contributed by atoms with Crippen molar-refractivity contribution in [1.82, 2.24) is 14.8 Å². The van der Waals surface area contributed by atoms with Crippen LogP contribution in [0.25, 0.3) is 10.9 Å². The quantitative estimate of drug-likeness (QED) is 0.176. The number of aromatic nitrogens is 1. The van der Waals surface area contributed by atoms with Crippen LogP contribution in [0.3, 0.4) is 0 Å². The minimum absolute atomic E-state index is 0.000214. The summed E-state index contributed by atoms with van der Waals surface area (Å²) in [7, 11) is 0. The third-order valence-electron chi connectivity index (χ3n) is 6.70. The number of hydrogen-bond donors (Lipinski definition) is 1. The van der Waals surface area contributed by atoms with Crippen molar-refractivity contribution in [3.63, 3.8) is 0 Å². The number of likely N-dealkylation sites (tertiary alicyclic amines) is 1. The smallest absolute Gasteiger partial charge is 0.244 e. The van der Waals surface area contributed by atoms with Gasteiger partial charge in [-0.1, -0.05) is 64.5 Å². The molecule has 0 radical (unpaired) electrons. The van der Waals surface area contributed by atoms with E-state index in [0.717, 1.165) is 23.7 Å². The maximum absolute atomic E-state index is 14.2. The van der Waals surface area contributed by atoms with Gasteiger partial charge in [0.05, 0.1) is 9.07 Å². The van der Waals surface area contributed by atoms with Crippen molar-refractivity contribution in [3.05, 3.63) is 70.6 Å². The highest BCUT2D eigenvalue weighted by molar-refractivity contribution is 14.1. The second kappa shape index (κ2) is 9.89. The number of amides is 2. The molecule has 2 aromatic carbocycles. The van der Waals surface area contributed by atoms with E-state index in [1.54, 1.807) is 23.2 Å². The van der Waals surface area contributed by atoms with Gasteiger partial charge in [0.15, 0.2) is 5.78 Å². The largest absolute Gasteiger partial charge is 0.350 e. The van der Waals surface area contributed by atoms with Crippen LogP contribution in [-0.2, 0) is 22.7 Å². The van der Waals surface area contributed by atoms with Crippen molar-refractivity contribution in [2.75, 3.05) is 0 Å². The lowest BCUT2D eigenvalue weighted by atomic mass is 10.1. The minimum Gasteiger partial charge on any atom is -0.350 e. The fraction of sp³-hybridized carbons (Fsp3) is 0.346.